The van der Waals surface area contributed by atoms with Crippen molar-refractivity contribution in [2.24, 2.45) is 0 Å². The van der Waals surface area contributed by atoms with Gasteiger partial charge in [0.05, 0.1) is 17.9 Å². The van der Waals surface area contributed by atoms with Crippen molar-refractivity contribution in [3.05, 3.63) is 35.4 Å². The molecule has 0 heterocycles. The van der Waals surface area contributed by atoms with Gasteiger partial charge >= 0.3 is 5.97 Å². The van der Waals surface area contributed by atoms with Crippen LogP contribution in [-0.2, 0) is 14.6 Å². The Morgan fingerprint density at radius 2 is 1.82 bits per heavy atom. The molecule has 5 heteroatoms. The van der Waals surface area contributed by atoms with E-state index in [2.05, 4.69) is 4.74 Å². The Hall–Kier alpha value is -1.36. The summed E-state index contributed by atoms with van der Waals surface area (Å²) in [6.07, 6.45) is 1.73. The number of benzene rings is 1. The average Bonchev–Trinajstić information content (AvgIpc) is 2.28. The molecule has 0 aliphatic heterocycles. The fourth-order valence-electron chi connectivity index (χ4n) is 1.74. The largest absolute Gasteiger partial charge is 0.465 e. The standard InChI is InChI=1S/C12H16O4S/c1-4-11(17(3,14)15)9-5-7-10(8-6-9)12(13)16-2/h5-8,11H,4H2,1-3H3. The molecule has 0 aliphatic rings. The van der Waals surface area contributed by atoms with Gasteiger partial charge in [-0.25, -0.2) is 13.2 Å². The van der Waals surface area contributed by atoms with E-state index in [1.54, 1.807) is 24.3 Å². The van der Waals surface area contributed by atoms with Crippen LogP contribution in [0.25, 0.3) is 0 Å². The van der Waals surface area contributed by atoms with Gasteiger partial charge < -0.3 is 4.74 Å². The first-order valence-electron chi connectivity index (χ1n) is 5.27. The van der Waals surface area contributed by atoms with Gasteiger partial charge in [0, 0.05) is 6.26 Å². The summed E-state index contributed by atoms with van der Waals surface area (Å²) < 4.78 is 27.7. The number of ether oxygens (including phenoxy) is 1. The molecule has 1 aromatic rings. The van der Waals surface area contributed by atoms with Crippen molar-refractivity contribution in [2.75, 3.05) is 13.4 Å². The summed E-state index contributed by atoms with van der Waals surface area (Å²) in [4.78, 5) is 11.2. The quantitative estimate of drug-likeness (QED) is 0.773. The summed E-state index contributed by atoms with van der Waals surface area (Å²) in [5, 5.41) is -0.519. The Kier molecular flexibility index (Phi) is 4.28. The molecule has 1 unspecified atom stereocenters. The first-order valence-corrected chi connectivity index (χ1v) is 7.22. The molecule has 1 rings (SSSR count). The lowest BCUT2D eigenvalue weighted by atomic mass is 10.1. The van der Waals surface area contributed by atoms with E-state index >= 15 is 0 Å². The fourth-order valence-corrected chi connectivity index (χ4v) is 2.99. The van der Waals surface area contributed by atoms with Gasteiger partial charge in [-0.05, 0) is 24.1 Å². The van der Waals surface area contributed by atoms with Gasteiger partial charge in [0.15, 0.2) is 9.84 Å². The number of methoxy groups -OCH3 is 1. The molecular weight excluding hydrogens is 240 g/mol. The molecule has 0 N–H and O–H groups in total. The van der Waals surface area contributed by atoms with Gasteiger partial charge in [-0.2, -0.15) is 0 Å². The van der Waals surface area contributed by atoms with Crippen molar-refractivity contribution in [1.82, 2.24) is 0 Å². The Labute approximate surface area is 102 Å². The first kappa shape index (κ1) is 13.7. The third-order valence-electron chi connectivity index (χ3n) is 2.59. The van der Waals surface area contributed by atoms with E-state index in [1.807, 2.05) is 6.92 Å². The summed E-state index contributed by atoms with van der Waals surface area (Å²) in [6.45, 7) is 1.82. The Morgan fingerprint density at radius 1 is 1.29 bits per heavy atom. The molecule has 0 spiro atoms. The smallest absolute Gasteiger partial charge is 0.337 e. The van der Waals surface area contributed by atoms with Gasteiger partial charge in [0.2, 0.25) is 0 Å². The monoisotopic (exact) mass is 256 g/mol. The molecule has 0 amide bonds. The van der Waals surface area contributed by atoms with Gasteiger partial charge in [0.1, 0.15) is 0 Å². The molecule has 1 atom stereocenters. The van der Waals surface area contributed by atoms with Crippen LogP contribution >= 0.6 is 0 Å². The highest BCUT2D eigenvalue weighted by atomic mass is 32.2. The van der Waals surface area contributed by atoms with E-state index in [9.17, 15) is 13.2 Å². The van der Waals surface area contributed by atoms with E-state index < -0.39 is 21.1 Å². The second-order valence-electron chi connectivity index (χ2n) is 3.84. The van der Waals surface area contributed by atoms with Crippen molar-refractivity contribution in [2.45, 2.75) is 18.6 Å². The van der Waals surface area contributed by atoms with Crippen molar-refractivity contribution in [1.29, 1.82) is 0 Å². The van der Waals surface area contributed by atoms with E-state index in [0.717, 1.165) is 0 Å². The number of sulfone groups is 1. The lowest BCUT2D eigenvalue weighted by Gasteiger charge is -2.13. The van der Waals surface area contributed by atoms with Gasteiger partial charge in [-0.15, -0.1) is 0 Å². The molecule has 17 heavy (non-hydrogen) atoms. The highest BCUT2D eigenvalue weighted by Gasteiger charge is 2.20. The Morgan fingerprint density at radius 3 is 2.18 bits per heavy atom. The Balaban J connectivity index is 3.05. The SMILES string of the molecule is CCC(c1ccc(C(=O)OC)cc1)S(C)(=O)=O. The molecule has 4 nitrogen and oxygen atoms in total. The van der Waals surface area contributed by atoms with Crippen molar-refractivity contribution < 1.29 is 17.9 Å². The third-order valence-corrected chi connectivity index (χ3v) is 4.23. The second-order valence-corrected chi connectivity index (χ2v) is 6.07. The molecule has 0 radical (unpaired) electrons. The first-order chi connectivity index (χ1) is 7.90. The highest BCUT2D eigenvalue weighted by molar-refractivity contribution is 7.90. The van der Waals surface area contributed by atoms with Crippen LogP contribution in [0.4, 0.5) is 0 Å². The molecule has 0 bridgehead atoms. The maximum Gasteiger partial charge on any atom is 0.337 e. The summed E-state index contributed by atoms with van der Waals surface area (Å²) in [6, 6.07) is 6.47. The van der Waals surface area contributed by atoms with E-state index in [4.69, 9.17) is 0 Å². The van der Waals surface area contributed by atoms with Crippen molar-refractivity contribution in [3.8, 4) is 0 Å². The van der Waals surface area contributed by atoms with E-state index in [0.29, 0.717) is 17.5 Å². The normalized spacial score (nSPS) is 13.1. The minimum Gasteiger partial charge on any atom is -0.465 e. The number of hydrogen-bond donors (Lipinski definition) is 0. The molecule has 0 aliphatic carbocycles. The van der Waals surface area contributed by atoms with Crippen LogP contribution in [0, 0.1) is 0 Å². The predicted octanol–water partition coefficient (Wildman–Crippen LogP) is 1.97. The molecule has 0 saturated carbocycles. The number of esters is 1. The zero-order chi connectivity index (χ0) is 13.1. The summed E-state index contributed by atoms with van der Waals surface area (Å²) in [5.41, 5.74) is 1.11. The predicted molar refractivity (Wildman–Crippen MR) is 65.7 cm³/mol. The topological polar surface area (TPSA) is 60.4 Å². The van der Waals surface area contributed by atoms with Crippen LogP contribution in [0.1, 0.15) is 34.5 Å². The summed E-state index contributed by atoms with van der Waals surface area (Å²) >= 11 is 0. The maximum atomic E-state index is 11.5. The van der Waals surface area contributed by atoms with Gasteiger partial charge in [-0.1, -0.05) is 19.1 Å². The minimum atomic E-state index is -3.12. The molecule has 94 valence electrons. The lowest BCUT2D eigenvalue weighted by molar-refractivity contribution is 0.0600. The highest BCUT2D eigenvalue weighted by Crippen LogP contribution is 2.25. The number of hydrogen-bond acceptors (Lipinski definition) is 4. The minimum absolute atomic E-state index is 0.416. The lowest BCUT2D eigenvalue weighted by Crippen LogP contribution is -2.11. The van der Waals surface area contributed by atoms with Gasteiger partial charge in [0.25, 0.3) is 0 Å². The van der Waals surface area contributed by atoms with Crippen molar-refractivity contribution in [3.63, 3.8) is 0 Å². The van der Waals surface area contributed by atoms with Crippen LogP contribution in [0.2, 0.25) is 0 Å². The molecule has 0 saturated heterocycles. The van der Waals surface area contributed by atoms with Crippen LogP contribution in [0.15, 0.2) is 24.3 Å². The van der Waals surface area contributed by atoms with E-state index in [-0.39, 0.29) is 0 Å². The fraction of sp³-hybridized carbons (Fsp3) is 0.417. The van der Waals surface area contributed by atoms with Crippen molar-refractivity contribution >= 4 is 15.8 Å². The maximum absolute atomic E-state index is 11.5. The van der Waals surface area contributed by atoms with E-state index in [1.165, 1.54) is 13.4 Å². The summed E-state index contributed by atoms with van der Waals surface area (Å²) in [7, 11) is -1.82. The molecule has 0 aromatic heterocycles. The number of rotatable bonds is 4. The van der Waals surface area contributed by atoms with Crippen LogP contribution < -0.4 is 0 Å². The average molecular weight is 256 g/mol. The summed E-state index contributed by atoms with van der Waals surface area (Å²) in [5.74, 6) is -0.427. The third kappa shape index (κ3) is 3.30. The van der Waals surface area contributed by atoms with Crippen LogP contribution in [0.3, 0.4) is 0 Å². The van der Waals surface area contributed by atoms with Gasteiger partial charge in [-0.3, -0.25) is 0 Å². The second kappa shape index (κ2) is 5.31. The molecule has 1 aromatic carbocycles. The molecular formula is C12H16O4S. The van der Waals surface area contributed by atoms with Crippen LogP contribution in [-0.4, -0.2) is 27.8 Å². The number of carbonyl (C=O) groups excluding carboxylic acids is 1. The molecule has 0 fully saturated rings. The zero-order valence-electron chi connectivity index (χ0n) is 10.1. The number of carbonyl (C=O) groups is 1. The van der Waals surface area contributed by atoms with Crippen LogP contribution in [0.5, 0.6) is 0 Å². The Bertz CT molecular complexity index is 488. The zero-order valence-corrected chi connectivity index (χ0v) is 11.0.